The highest BCUT2D eigenvalue weighted by atomic mass is 32.2. The highest BCUT2D eigenvalue weighted by Crippen LogP contribution is 2.41. The maximum Gasteiger partial charge on any atom is 0.338 e. The number of anilines is 1. The van der Waals surface area contributed by atoms with Gasteiger partial charge in [-0.2, -0.15) is 0 Å². The van der Waals surface area contributed by atoms with Crippen molar-refractivity contribution >= 4 is 35.2 Å². The van der Waals surface area contributed by atoms with Crippen LogP contribution in [0, 0.1) is 0 Å². The molecule has 3 heterocycles. The van der Waals surface area contributed by atoms with Crippen molar-refractivity contribution in [3.05, 3.63) is 77.7 Å². The number of carbonyl (C=O) groups excluding carboxylic acids is 3. The number of hydrogen-bond acceptors (Lipinski definition) is 7. The highest BCUT2D eigenvalue weighted by Gasteiger charge is 2.30. The van der Waals surface area contributed by atoms with Gasteiger partial charge in [0.05, 0.1) is 29.2 Å². The monoisotopic (exact) mass is 492 g/mol. The second kappa shape index (κ2) is 10.4. The number of amides is 2. The fourth-order valence-corrected chi connectivity index (χ4v) is 5.11. The van der Waals surface area contributed by atoms with Gasteiger partial charge in [-0.25, -0.2) is 4.79 Å². The quantitative estimate of drug-likeness (QED) is 0.497. The Balaban J connectivity index is 1.40. The Morgan fingerprint density at radius 2 is 2.00 bits per heavy atom. The molecule has 2 aliphatic heterocycles. The molecule has 1 fully saturated rings. The summed E-state index contributed by atoms with van der Waals surface area (Å²) >= 11 is 1.42. The van der Waals surface area contributed by atoms with Gasteiger partial charge in [-0.3, -0.25) is 14.5 Å². The molecular weight excluding hydrogens is 468 g/mol. The molecule has 0 radical (unpaired) electrons. The van der Waals surface area contributed by atoms with Crippen molar-refractivity contribution in [2.45, 2.75) is 35.3 Å². The van der Waals surface area contributed by atoms with E-state index in [1.807, 2.05) is 12.1 Å². The molecule has 35 heavy (non-hydrogen) atoms. The summed E-state index contributed by atoms with van der Waals surface area (Å²) in [6.45, 7) is 0.916. The van der Waals surface area contributed by atoms with Crippen molar-refractivity contribution in [2.24, 2.45) is 0 Å². The van der Waals surface area contributed by atoms with E-state index in [-0.39, 0.29) is 36.6 Å². The number of furan rings is 1. The van der Waals surface area contributed by atoms with Crippen LogP contribution in [0.25, 0.3) is 0 Å². The number of nitrogens with one attached hydrogen (secondary N) is 1. The van der Waals surface area contributed by atoms with E-state index in [1.54, 1.807) is 42.5 Å². The Kier molecular flexibility index (Phi) is 6.87. The lowest BCUT2D eigenvalue weighted by Gasteiger charge is -2.23. The number of nitrogens with zero attached hydrogens (tertiary/aromatic N) is 1. The van der Waals surface area contributed by atoms with Crippen LogP contribution in [-0.4, -0.2) is 43.6 Å². The van der Waals surface area contributed by atoms with Crippen LogP contribution in [-0.2, 0) is 20.9 Å². The van der Waals surface area contributed by atoms with Crippen molar-refractivity contribution in [3.63, 3.8) is 0 Å². The topological polar surface area (TPSA) is 98.1 Å². The summed E-state index contributed by atoms with van der Waals surface area (Å²) in [4.78, 5) is 42.1. The predicted molar refractivity (Wildman–Crippen MR) is 128 cm³/mol. The molecule has 2 aliphatic rings. The molecule has 0 spiro atoms. The van der Waals surface area contributed by atoms with Gasteiger partial charge in [0.1, 0.15) is 18.9 Å². The first-order chi connectivity index (χ1) is 17.1. The number of ether oxygens (including phenoxy) is 2. The predicted octanol–water partition coefficient (Wildman–Crippen LogP) is 4.04. The molecule has 2 amide bonds. The van der Waals surface area contributed by atoms with Crippen molar-refractivity contribution in [3.8, 4) is 0 Å². The highest BCUT2D eigenvalue weighted by molar-refractivity contribution is 7.99. The second-order valence-electron chi connectivity index (χ2n) is 8.27. The van der Waals surface area contributed by atoms with Gasteiger partial charge < -0.3 is 19.2 Å². The number of benzene rings is 2. The maximum atomic E-state index is 13.5. The van der Waals surface area contributed by atoms with Crippen molar-refractivity contribution < 1.29 is 28.3 Å². The number of fused-ring (bicyclic) bond motifs is 2. The summed E-state index contributed by atoms with van der Waals surface area (Å²) in [5.74, 6) is -0.625. The fourth-order valence-electron chi connectivity index (χ4n) is 4.05. The molecule has 1 N–H and O–H groups in total. The van der Waals surface area contributed by atoms with Crippen LogP contribution in [0.15, 0.2) is 75.1 Å². The van der Waals surface area contributed by atoms with Gasteiger partial charge in [-0.05, 0) is 55.3 Å². The van der Waals surface area contributed by atoms with E-state index in [4.69, 9.17) is 13.9 Å². The Morgan fingerprint density at radius 1 is 1.11 bits per heavy atom. The lowest BCUT2D eigenvalue weighted by molar-refractivity contribution is -0.120. The smallest absolute Gasteiger partial charge is 0.338 e. The van der Waals surface area contributed by atoms with Gasteiger partial charge in [0, 0.05) is 22.9 Å². The summed E-state index contributed by atoms with van der Waals surface area (Å²) in [5, 5.41) is 2.87. The normalized spacial score (nSPS) is 16.9. The van der Waals surface area contributed by atoms with Gasteiger partial charge >= 0.3 is 5.97 Å². The van der Waals surface area contributed by atoms with E-state index in [2.05, 4.69) is 5.32 Å². The molecule has 1 saturated heterocycles. The van der Waals surface area contributed by atoms with E-state index in [9.17, 15) is 14.4 Å². The number of rotatable bonds is 7. The largest absolute Gasteiger partial charge is 0.466 e. The SMILES string of the molecule is O=C(CN1C(=O)c2ccccc2Sc2ccc(C(=O)OCc3ccco3)cc21)NC[C@H]1CCCO1. The minimum Gasteiger partial charge on any atom is -0.466 e. The first kappa shape index (κ1) is 23.2. The van der Waals surface area contributed by atoms with Gasteiger partial charge in [-0.1, -0.05) is 23.9 Å². The van der Waals surface area contributed by atoms with E-state index < -0.39 is 5.97 Å². The molecule has 1 atom stereocenters. The zero-order valence-electron chi connectivity index (χ0n) is 18.9. The molecule has 180 valence electrons. The van der Waals surface area contributed by atoms with Gasteiger partial charge in [-0.15, -0.1) is 0 Å². The third kappa shape index (κ3) is 5.26. The third-order valence-electron chi connectivity index (χ3n) is 5.85. The molecule has 9 heteroatoms. The molecule has 0 bridgehead atoms. The lowest BCUT2D eigenvalue weighted by Crippen LogP contribution is -2.43. The standard InChI is InChI=1S/C26H24N2O6S/c29-24(27-14-18-5-3-11-32-18)15-28-21-13-17(26(31)34-16-19-6-4-12-33-19)9-10-23(21)35-22-8-2-1-7-20(22)25(28)30/h1-2,4,6-10,12-13,18H,3,5,11,14-16H2,(H,27,29)/t18-/m1/s1. The summed E-state index contributed by atoms with van der Waals surface area (Å²) < 4.78 is 16.1. The van der Waals surface area contributed by atoms with E-state index in [0.29, 0.717) is 30.2 Å². The Labute approximate surface area is 206 Å². The van der Waals surface area contributed by atoms with Crippen LogP contribution in [0.3, 0.4) is 0 Å². The van der Waals surface area contributed by atoms with Crippen LogP contribution < -0.4 is 10.2 Å². The molecule has 2 aromatic carbocycles. The Hall–Kier alpha value is -3.56. The number of hydrogen-bond donors (Lipinski definition) is 1. The zero-order valence-corrected chi connectivity index (χ0v) is 19.7. The zero-order chi connectivity index (χ0) is 24.2. The maximum absolute atomic E-state index is 13.5. The molecule has 3 aromatic rings. The van der Waals surface area contributed by atoms with Gasteiger partial charge in [0.15, 0.2) is 0 Å². The minimum atomic E-state index is -0.550. The van der Waals surface area contributed by atoms with E-state index >= 15 is 0 Å². The molecular formula is C26H24N2O6S. The third-order valence-corrected chi connectivity index (χ3v) is 6.99. The second-order valence-corrected chi connectivity index (χ2v) is 9.35. The average Bonchev–Trinajstić information content (AvgIpc) is 3.58. The van der Waals surface area contributed by atoms with E-state index in [1.165, 1.54) is 22.9 Å². The number of esters is 1. The first-order valence-electron chi connectivity index (χ1n) is 11.4. The van der Waals surface area contributed by atoms with Gasteiger partial charge in [0.25, 0.3) is 5.91 Å². The Morgan fingerprint density at radius 3 is 2.80 bits per heavy atom. The lowest BCUT2D eigenvalue weighted by atomic mass is 10.1. The fraction of sp³-hybridized carbons (Fsp3) is 0.269. The van der Waals surface area contributed by atoms with Crippen LogP contribution in [0.2, 0.25) is 0 Å². The number of carbonyl (C=O) groups is 3. The first-order valence-corrected chi connectivity index (χ1v) is 12.2. The van der Waals surface area contributed by atoms with Crippen molar-refractivity contribution in [1.82, 2.24) is 5.32 Å². The van der Waals surface area contributed by atoms with Crippen LogP contribution in [0.4, 0.5) is 5.69 Å². The molecule has 1 aromatic heterocycles. The average molecular weight is 493 g/mol. The molecule has 8 nitrogen and oxygen atoms in total. The summed E-state index contributed by atoms with van der Waals surface area (Å²) in [6, 6.07) is 15.7. The van der Waals surface area contributed by atoms with Crippen LogP contribution in [0.5, 0.6) is 0 Å². The molecule has 0 aliphatic carbocycles. The summed E-state index contributed by atoms with van der Waals surface area (Å²) in [5.41, 5.74) is 1.26. The van der Waals surface area contributed by atoms with Crippen LogP contribution in [0.1, 0.15) is 39.3 Å². The summed E-state index contributed by atoms with van der Waals surface area (Å²) in [7, 11) is 0. The molecule has 0 unspecified atom stereocenters. The van der Waals surface area contributed by atoms with Crippen LogP contribution >= 0.6 is 11.8 Å². The summed E-state index contributed by atoms with van der Waals surface area (Å²) in [6.07, 6.45) is 3.39. The Bertz CT molecular complexity index is 1240. The minimum absolute atomic E-state index is 0.00196. The van der Waals surface area contributed by atoms with Crippen molar-refractivity contribution in [2.75, 3.05) is 24.6 Å². The van der Waals surface area contributed by atoms with Gasteiger partial charge in [0.2, 0.25) is 5.91 Å². The van der Waals surface area contributed by atoms with E-state index in [0.717, 1.165) is 22.6 Å². The molecule has 5 rings (SSSR count). The van der Waals surface area contributed by atoms with Crippen molar-refractivity contribution in [1.29, 1.82) is 0 Å². The molecule has 0 saturated carbocycles.